The Morgan fingerprint density at radius 1 is 1.19 bits per heavy atom. The number of rotatable bonds is 7. The summed E-state index contributed by atoms with van der Waals surface area (Å²) in [5.41, 5.74) is 1.97. The second kappa shape index (κ2) is 8.15. The van der Waals surface area contributed by atoms with E-state index in [2.05, 4.69) is 11.8 Å². The first kappa shape index (κ1) is 16.0. The van der Waals surface area contributed by atoms with E-state index in [0.29, 0.717) is 6.54 Å². The molecule has 21 heavy (non-hydrogen) atoms. The zero-order valence-corrected chi connectivity index (χ0v) is 12.9. The van der Waals surface area contributed by atoms with Crippen LogP contribution in [0.1, 0.15) is 42.1 Å². The topological polar surface area (TPSA) is 43.8 Å². The predicted octanol–water partition coefficient (Wildman–Crippen LogP) is 2.13. The maximum Gasteiger partial charge on any atom is 0.253 e. The molecule has 0 bridgehead atoms. The Kier molecular flexibility index (Phi) is 6.21. The minimum atomic E-state index is 0.153. The van der Waals surface area contributed by atoms with Gasteiger partial charge in [-0.25, -0.2) is 0 Å². The second-order valence-electron chi connectivity index (χ2n) is 5.70. The summed E-state index contributed by atoms with van der Waals surface area (Å²) in [5.74, 6) is 0.153. The molecule has 0 aromatic heterocycles. The van der Waals surface area contributed by atoms with Gasteiger partial charge in [0, 0.05) is 31.7 Å². The van der Waals surface area contributed by atoms with Crippen LogP contribution in [0.5, 0.6) is 0 Å². The fraction of sp³-hybridized carbons (Fsp3) is 0.588. The van der Waals surface area contributed by atoms with Gasteiger partial charge < -0.3 is 10.0 Å². The average molecular weight is 290 g/mol. The van der Waals surface area contributed by atoms with Crippen LogP contribution in [0.3, 0.4) is 0 Å². The average Bonchev–Trinajstić information content (AvgIpc) is 3.02. The summed E-state index contributed by atoms with van der Waals surface area (Å²) in [6.07, 6.45) is 3.32. The standard InChI is InChI=1S/C17H26N2O2/c1-2-9-18(12-13-20)14-15-5-7-16(8-6-15)17(21)19-10-3-4-11-19/h5-8,20H,2-4,9-14H2,1H3. The summed E-state index contributed by atoms with van der Waals surface area (Å²) in [5, 5.41) is 9.09. The molecule has 0 spiro atoms. The molecule has 1 saturated heterocycles. The van der Waals surface area contributed by atoms with E-state index in [1.54, 1.807) is 0 Å². The molecule has 1 amide bonds. The molecular formula is C17H26N2O2. The maximum absolute atomic E-state index is 12.3. The Labute approximate surface area is 127 Å². The largest absolute Gasteiger partial charge is 0.395 e. The molecule has 0 saturated carbocycles. The summed E-state index contributed by atoms with van der Waals surface area (Å²) < 4.78 is 0. The summed E-state index contributed by atoms with van der Waals surface area (Å²) in [7, 11) is 0. The van der Waals surface area contributed by atoms with Gasteiger partial charge in [-0.2, -0.15) is 0 Å². The van der Waals surface area contributed by atoms with Gasteiger partial charge in [-0.3, -0.25) is 9.69 Å². The molecule has 1 aromatic carbocycles. The number of carbonyl (C=O) groups is 1. The zero-order valence-electron chi connectivity index (χ0n) is 12.9. The molecule has 1 aromatic rings. The molecule has 116 valence electrons. The lowest BCUT2D eigenvalue weighted by molar-refractivity contribution is 0.0793. The van der Waals surface area contributed by atoms with E-state index in [0.717, 1.165) is 51.0 Å². The van der Waals surface area contributed by atoms with Crippen molar-refractivity contribution < 1.29 is 9.90 Å². The van der Waals surface area contributed by atoms with Crippen molar-refractivity contribution >= 4 is 5.91 Å². The molecular weight excluding hydrogens is 264 g/mol. The highest BCUT2D eigenvalue weighted by Gasteiger charge is 2.19. The lowest BCUT2D eigenvalue weighted by Gasteiger charge is -2.21. The molecule has 0 aliphatic carbocycles. The van der Waals surface area contributed by atoms with E-state index < -0.39 is 0 Å². The maximum atomic E-state index is 12.3. The number of aliphatic hydroxyl groups excluding tert-OH is 1. The van der Waals surface area contributed by atoms with Crippen LogP contribution < -0.4 is 0 Å². The lowest BCUT2D eigenvalue weighted by atomic mass is 10.1. The van der Waals surface area contributed by atoms with Crippen molar-refractivity contribution in [2.24, 2.45) is 0 Å². The summed E-state index contributed by atoms with van der Waals surface area (Å²) in [6, 6.07) is 7.92. The van der Waals surface area contributed by atoms with Gasteiger partial charge in [-0.15, -0.1) is 0 Å². The molecule has 2 rings (SSSR count). The fourth-order valence-corrected chi connectivity index (χ4v) is 2.84. The van der Waals surface area contributed by atoms with Gasteiger partial charge in [0.2, 0.25) is 0 Å². The molecule has 1 aliphatic heterocycles. The van der Waals surface area contributed by atoms with Crippen LogP contribution in [0.25, 0.3) is 0 Å². The Balaban J connectivity index is 1.95. The smallest absolute Gasteiger partial charge is 0.253 e. The minimum Gasteiger partial charge on any atom is -0.395 e. The lowest BCUT2D eigenvalue weighted by Crippen LogP contribution is -2.28. The highest BCUT2D eigenvalue weighted by atomic mass is 16.3. The first-order valence-electron chi connectivity index (χ1n) is 7.96. The third kappa shape index (κ3) is 4.55. The van der Waals surface area contributed by atoms with E-state index in [1.165, 1.54) is 5.56 Å². The van der Waals surface area contributed by atoms with Gasteiger partial charge in [0.15, 0.2) is 0 Å². The Bertz CT molecular complexity index is 433. The summed E-state index contributed by atoms with van der Waals surface area (Å²) in [6.45, 7) is 6.61. The monoisotopic (exact) mass is 290 g/mol. The van der Waals surface area contributed by atoms with E-state index in [1.807, 2.05) is 29.2 Å². The van der Waals surface area contributed by atoms with Crippen LogP contribution >= 0.6 is 0 Å². The number of nitrogens with zero attached hydrogens (tertiary/aromatic N) is 2. The number of aliphatic hydroxyl groups is 1. The van der Waals surface area contributed by atoms with Crippen molar-refractivity contribution in [2.75, 3.05) is 32.8 Å². The number of amides is 1. The van der Waals surface area contributed by atoms with Crippen LogP contribution in [-0.2, 0) is 6.54 Å². The minimum absolute atomic E-state index is 0.153. The van der Waals surface area contributed by atoms with Gasteiger partial charge in [0.1, 0.15) is 0 Å². The third-order valence-electron chi connectivity index (χ3n) is 3.96. The second-order valence-corrected chi connectivity index (χ2v) is 5.70. The van der Waals surface area contributed by atoms with Crippen molar-refractivity contribution in [3.05, 3.63) is 35.4 Å². The highest BCUT2D eigenvalue weighted by Crippen LogP contribution is 2.14. The number of hydrogen-bond donors (Lipinski definition) is 1. The first-order chi connectivity index (χ1) is 10.2. The van der Waals surface area contributed by atoms with Crippen LogP contribution in [0, 0.1) is 0 Å². The van der Waals surface area contributed by atoms with Crippen LogP contribution in [0.15, 0.2) is 24.3 Å². The van der Waals surface area contributed by atoms with E-state index in [-0.39, 0.29) is 12.5 Å². The van der Waals surface area contributed by atoms with Crippen LogP contribution in [-0.4, -0.2) is 53.6 Å². The number of benzene rings is 1. The Hall–Kier alpha value is -1.39. The van der Waals surface area contributed by atoms with Crippen molar-refractivity contribution in [2.45, 2.75) is 32.7 Å². The number of likely N-dealkylation sites (tertiary alicyclic amines) is 1. The molecule has 4 nitrogen and oxygen atoms in total. The van der Waals surface area contributed by atoms with Gasteiger partial charge >= 0.3 is 0 Å². The Morgan fingerprint density at radius 2 is 1.86 bits per heavy atom. The summed E-state index contributed by atoms with van der Waals surface area (Å²) in [4.78, 5) is 16.4. The van der Waals surface area contributed by atoms with E-state index >= 15 is 0 Å². The number of carbonyl (C=O) groups excluding carboxylic acids is 1. The predicted molar refractivity (Wildman–Crippen MR) is 84.2 cm³/mol. The summed E-state index contributed by atoms with van der Waals surface area (Å²) >= 11 is 0. The molecule has 4 heteroatoms. The first-order valence-corrected chi connectivity index (χ1v) is 7.96. The van der Waals surface area contributed by atoms with Crippen LogP contribution in [0.4, 0.5) is 0 Å². The van der Waals surface area contributed by atoms with Crippen molar-refractivity contribution in [1.29, 1.82) is 0 Å². The highest BCUT2D eigenvalue weighted by molar-refractivity contribution is 5.94. The van der Waals surface area contributed by atoms with E-state index in [9.17, 15) is 4.79 Å². The van der Waals surface area contributed by atoms with Crippen LogP contribution in [0.2, 0.25) is 0 Å². The molecule has 1 N–H and O–H groups in total. The quantitative estimate of drug-likeness (QED) is 0.836. The van der Waals surface area contributed by atoms with Crippen molar-refractivity contribution in [3.8, 4) is 0 Å². The SMILES string of the molecule is CCCN(CCO)Cc1ccc(C(=O)N2CCCC2)cc1. The molecule has 0 radical (unpaired) electrons. The van der Waals surface area contributed by atoms with Gasteiger partial charge in [-0.05, 0) is 43.5 Å². The van der Waals surface area contributed by atoms with Gasteiger partial charge in [-0.1, -0.05) is 19.1 Å². The zero-order chi connectivity index (χ0) is 15.1. The molecule has 1 fully saturated rings. The molecule has 1 aliphatic rings. The third-order valence-corrected chi connectivity index (χ3v) is 3.96. The molecule has 1 heterocycles. The Morgan fingerprint density at radius 3 is 2.43 bits per heavy atom. The van der Waals surface area contributed by atoms with E-state index in [4.69, 9.17) is 5.11 Å². The number of hydrogen-bond acceptors (Lipinski definition) is 3. The van der Waals surface area contributed by atoms with Crippen molar-refractivity contribution in [3.63, 3.8) is 0 Å². The van der Waals surface area contributed by atoms with Gasteiger partial charge in [0.25, 0.3) is 5.91 Å². The molecule has 0 unspecified atom stereocenters. The normalized spacial score (nSPS) is 14.9. The fourth-order valence-electron chi connectivity index (χ4n) is 2.84. The van der Waals surface area contributed by atoms with Gasteiger partial charge in [0.05, 0.1) is 6.61 Å². The molecule has 0 atom stereocenters. The van der Waals surface area contributed by atoms with Crippen molar-refractivity contribution in [1.82, 2.24) is 9.80 Å².